The van der Waals surface area contributed by atoms with Crippen LogP contribution in [0.2, 0.25) is 0 Å². The normalized spacial score (nSPS) is 12.4. The fraction of sp³-hybridized carbons (Fsp3) is 0.583. The van der Waals surface area contributed by atoms with Crippen molar-refractivity contribution >= 4 is 11.7 Å². The van der Waals surface area contributed by atoms with Crippen molar-refractivity contribution in [1.82, 2.24) is 15.5 Å². The fourth-order valence-electron chi connectivity index (χ4n) is 1.35. The molecule has 18 heavy (non-hydrogen) atoms. The summed E-state index contributed by atoms with van der Waals surface area (Å²) in [5.74, 6) is 0.310. The van der Waals surface area contributed by atoms with E-state index < -0.39 is 0 Å². The van der Waals surface area contributed by atoms with Gasteiger partial charge in [0.15, 0.2) is 5.69 Å². The lowest BCUT2D eigenvalue weighted by atomic mass is 10.1. The monoisotopic (exact) mass is 252 g/mol. The van der Waals surface area contributed by atoms with E-state index in [9.17, 15) is 4.79 Å². The number of nitrogens with two attached hydrogens (primary N) is 1. The minimum Gasteiger partial charge on any atom is -0.382 e. The lowest BCUT2D eigenvalue weighted by Crippen LogP contribution is -2.42. The van der Waals surface area contributed by atoms with Crippen molar-refractivity contribution in [3.63, 3.8) is 0 Å². The van der Waals surface area contributed by atoms with E-state index in [-0.39, 0.29) is 23.6 Å². The summed E-state index contributed by atoms with van der Waals surface area (Å²) in [4.78, 5) is 11.9. The average molecular weight is 252 g/mol. The van der Waals surface area contributed by atoms with Crippen LogP contribution in [0.25, 0.3) is 0 Å². The molecule has 3 N–H and O–H groups in total. The Kier molecular flexibility index (Phi) is 5.51. The number of nitrogens with zero attached hydrogens (tertiary/aromatic N) is 2. The second kappa shape index (κ2) is 6.90. The number of nitrogen functional groups attached to an aromatic ring is 1. The van der Waals surface area contributed by atoms with E-state index in [1.54, 1.807) is 12.1 Å². The molecule has 1 amide bonds. The van der Waals surface area contributed by atoms with Crippen LogP contribution >= 0.6 is 0 Å². The van der Waals surface area contributed by atoms with Crippen LogP contribution in [0.1, 0.15) is 31.3 Å². The van der Waals surface area contributed by atoms with E-state index in [1.807, 2.05) is 20.8 Å². The molecule has 1 heterocycles. The molecule has 0 saturated carbocycles. The summed E-state index contributed by atoms with van der Waals surface area (Å²) in [5, 5.41) is 10.3. The molecule has 6 heteroatoms. The first-order valence-electron chi connectivity index (χ1n) is 6.02. The van der Waals surface area contributed by atoms with E-state index in [2.05, 4.69) is 15.5 Å². The Bertz CT molecular complexity index is 378. The number of hydrogen-bond acceptors (Lipinski definition) is 5. The molecule has 0 radical (unpaired) electrons. The van der Waals surface area contributed by atoms with Crippen molar-refractivity contribution < 1.29 is 9.53 Å². The van der Waals surface area contributed by atoms with Gasteiger partial charge >= 0.3 is 0 Å². The molecule has 1 aromatic heterocycles. The third kappa shape index (κ3) is 4.29. The van der Waals surface area contributed by atoms with Gasteiger partial charge in [0.05, 0.1) is 12.6 Å². The zero-order chi connectivity index (χ0) is 13.5. The molecule has 1 rings (SSSR count). The number of rotatable bonds is 6. The number of nitrogens with one attached hydrogen (secondary N) is 1. The third-order valence-electron chi connectivity index (χ3n) is 2.54. The Morgan fingerprint density at radius 3 is 2.67 bits per heavy atom. The lowest BCUT2D eigenvalue weighted by molar-refractivity contribution is 0.0801. The molecule has 1 unspecified atom stereocenters. The first-order valence-corrected chi connectivity index (χ1v) is 6.02. The summed E-state index contributed by atoms with van der Waals surface area (Å²) in [7, 11) is 0. The van der Waals surface area contributed by atoms with Crippen molar-refractivity contribution in [3.8, 4) is 0 Å². The standard InChI is InChI=1S/C12H20N4O2/c1-4-18-7-10(8(2)3)14-12(17)9-5-6-11(13)16-15-9/h5-6,8,10H,4,7H2,1-3H3,(H2,13,16)(H,14,17). The predicted molar refractivity (Wildman–Crippen MR) is 69.0 cm³/mol. The van der Waals surface area contributed by atoms with Crippen molar-refractivity contribution in [2.24, 2.45) is 5.92 Å². The average Bonchev–Trinajstić information content (AvgIpc) is 2.34. The fourth-order valence-corrected chi connectivity index (χ4v) is 1.35. The number of carbonyl (C=O) groups excluding carboxylic acids is 1. The second-order valence-electron chi connectivity index (χ2n) is 4.33. The largest absolute Gasteiger partial charge is 0.382 e. The molecule has 0 saturated heterocycles. The maximum absolute atomic E-state index is 11.9. The highest BCUT2D eigenvalue weighted by atomic mass is 16.5. The van der Waals surface area contributed by atoms with Gasteiger partial charge in [-0.25, -0.2) is 0 Å². The van der Waals surface area contributed by atoms with Gasteiger partial charge in [-0.1, -0.05) is 13.8 Å². The predicted octanol–water partition coefficient (Wildman–Crippen LogP) is 0.850. The van der Waals surface area contributed by atoms with E-state index in [0.717, 1.165) is 0 Å². The molecule has 0 spiro atoms. The molecule has 6 nitrogen and oxygen atoms in total. The van der Waals surface area contributed by atoms with Crippen molar-refractivity contribution in [3.05, 3.63) is 17.8 Å². The second-order valence-corrected chi connectivity index (χ2v) is 4.33. The Labute approximate surface area is 107 Å². The number of anilines is 1. The number of carbonyl (C=O) groups is 1. The van der Waals surface area contributed by atoms with Gasteiger partial charge in [0.2, 0.25) is 0 Å². The Morgan fingerprint density at radius 1 is 1.44 bits per heavy atom. The maximum Gasteiger partial charge on any atom is 0.272 e. The van der Waals surface area contributed by atoms with E-state index in [0.29, 0.717) is 19.0 Å². The first-order chi connectivity index (χ1) is 8.54. The first kappa shape index (κ1) is 14.4. The van der Waals surface area contributed by atoms with Crippen LogP contribution in [-0.4, -0.2) is 35.4 Å². The lowest BCUT2D eigenvalue weighted by Gasteiger charge is -2.21. The van der Waals surface area contributed by atoms with Gasteiger partial charge in [0.1, 0.15) is 5.82 Å². The van der Waals surface area contributed by atoms with E-state index in [4.69, 9.17) is 10.5 Å². The van der Waals surface area contributed by atoms with Crippen LogP contribution in [-0.2, 0) is 4.74 Å². The van der Waals surface area contributed by atoms with Crippen LogP contribution < -0.4 is 11.1 Å². The Morgan fingerprint density at radius 2 is 2.17 bits per heavy atom. The summed E-state index contributed by atoms with van der Waals surface area (Å²) in [6, 6.07) is 3.06. The third-order valence-corrected chi connectivity index (χ3v) is 2.54. The maximum atomic E-state index is 11.9. The Hall–Kier alpha value is -1.69. The minimum atomic E-state index is -0.263. The SMILES string of the molecule is CCOCC(NC(=O)c1ccc(N)nn1)C(C)C. The van der Waals surface area contributed by atoms with Gasteiger partial charge in [-0.05, 0) is 25.0 Å². The van der Waals surface area contributed by atoms with Gasteiger partial charge in [-0.2, -0.15) is 0 Å². The molecule has 0 aromatic carbocycles. The van der Waals surface area contributed by atoms with Crippen LogP contribution in [0.15, 0.2) is 12.1 Å². The van der Waals surface area contributed by atoms with Crippen LogP contribution in [0.3, 0.4) is 0 Å². The van der Waals surface area contributed by atoms with Gasteiger partial charge in [0, 0.05) is 6.61 Å². The number of amides is 1. The highest BCUT2D eigenvalue weighted by Gasteiger charge is 2.18. The Balaban J connectivity index is 2.63. The van der Waals surface area contributed by atoms with E-state index in [1.165, 1.54) is 0 Å². The van der Waals surface area contributed by atoms with Gasteiger partial charge in [0.25, 0.3) is 5.91 Å². The molecule has 1 aromatic rings. The molecular weight excluding hydrogens is 232 g/mol. The summed E-state index contributed by atoms with van der Waals surface area (Å²) in [6.45, 7) is 7.09. The number of ether oxygens (including phenoxy) is 1. The molecule has 1 atom stereocenters. The molecule has 0 fully saturated rings. The van der Waals surface area contributed by atoms with Crippen molar-refractivity contribution in [2.45, 2.75) is 26.8 Å². The van der Waals surface area contributed by atoms with Gasteiger partial charge in [-0.15, -0.1) is 10.2 Å². The van der Waals surface area contributed by atoms with Crippen LogP contribution in [0.5, 0.6) is 0 Å². The van der Waals surface area contributed by atoms with Crippen molar-refractivity contribution in [2.75, 3.05) is 18.9 Å². The van der Waals surface area contributed by atoms with Crippen LogP contribution in [0.4, 0.5) is 5.82 Å². The molecule has 0 bridgehead atoms. The summed E-state index contributed by atoms with van der Waals surface area (Å²) in [6.07, 6.45) is 0. The van der Waals surface area contributed by atoms with E-state index >= 15 is 0 Å². The topological polar surface area (TPSA) is 90.1 Å². The van der Waals surface area contributed by atoms with Gasteiger partial charge in [-0.3, -0.25) is 4.79 Å². The molecule has 0 aliphatic rings. The number of aromatic nitrogens is 2. The highest BCUT2D eigenvalue weighted by Crippen LogP contribution is 2.04. The minimum absolute atomic E-state index is 0.0446. The number of hydrogen-bond donors (Lipinski definition) is 2. The van der Waals surface area contributed by atoms with Crippen molar-refractivity contribution in [1.29, 1.82) is 0 Å². The van der Waals surface area contributed by atoms with Crippen LogP contribution in [0, 0.1) is 5.92 Å². The molecule has 0 aliphatic carbocycles. The summed E-state index contributed by atoms with van der Waals surface area (Å²) < 4.78 is 5.34. The molecule has 0 aliphatic heterocycles. The summed E-state index contributed by atoms with van der Waals surface area (Å²) >= 11 is 0. The van der Waals surface area contributed by atoms with Gasteiger partial charge < -0.3 is 15.8 Å². The highest BCUT2D eigenvalue weighted by molar-refractivity contribution is 5.92. The zero-order valence-electron chi connectivity index (χ0n) is 11.0. The zero-order valence-corrected chi connectivity index (χ0v) is 11.0. The molecule has 100 valence electrons. The quantitative estimate of drug-likeness (QED) is 0.783. The smallest absolute Gasteiger partial charge is 0.272 e. The summed E-state index contributed by atoms with van der Waals surface area (Å²) in [5.41, 5.74) is 5.67. The molecular formula is C12H20N4O2.